The second kappa shape index (κ2) is 5.40. The van der Waals surface area contributed by atoms with Crippen molar-refractivity contribution in [2.75, 3.05) is 6.54 Å². The van der Waals surface area contributed by atoms with E-state index < -0.39 is 17.4 Å². The van der Waals surface area contributed by atoms with Gasteiger partial charge in [-0.2, -0.15) is 0 Å². The highest BCUT2D eigenvalue weighted by molar-refractivity contribution is 5.84. The third-order valence-corrected chi connectivity index (χ3v) is 3.81. The average Bonchev–Trinajstić information content (AvgIpc) is 2.37. The van der Waals surface area contributed by atoms with E-state index in [0.717, 1.165) is 12.0 Å². The number of carbonyl (C=O) groups is 2. The van der Waals surface area contributed by atoms with Crippen LogP contribution in [0.15, 0.2) is 30.3 Å². The maximum atomic E-state index is 11.9. The van der Waals surface area contributed by atoms with Crippen molar-refractivity contribution in [1.29, 1.82) is 0 Å². The summed E-state index contributed by atoms with van der Waals surface area (Å²) in [5.74, 6) is -1.17. The Morgan fingerprint density at radius 3 is 2.42 bits per heavy atom. The second-order valence-electron chi connectivity index (χ2n) is 5.05. The maximum absolute atomic E-state index is 11.9. The van der Waals surface area contributed by atoms with Gasteiger partial charge in [0.1, 0.15) is 6.04 Å². The van der Waals surface area contributed by atoms with E-state index in [4.69, 9.17) is 10.8 Å². The average molecular weight is 262 g/mol. The molecule has 5 nitrogen and oxygen atoms in total. The molecule has 2 rings (SSSR count). The summed E-state index contributed by atoms with van der Waals surface area (Å²) in [5.41, 5.74) is 5.78. The monoisotopic (exact) mass is 262 g/mol. The molecule has 1 amide bonds. The minimum Gasteiger partial charge on any atom is -0.481 e. The lowest BCUT2D eigenvalue weighted by atomic mass is 9.69. The molecule has 0 spiro atoms. The van der Waals surface area contributed by atoms with Gasteiger partial charge in [-0.1, -0.05) is 36.8 Å². The Hall–Kier alpha value is -1.88. The van der Waals surface area contributed by atoms with E-state index in [2.05, 4.69) is 5.32 Å². The van der Waals surface area contributed by atoms with Crippen LogP contribution in [0.4, 0.5) is 0 Å². The molecule has 1 fully saturated rings. The zero-order valence-corrected chi connectivity index (χ0v) is 10.6. The topological polar surface area (TPSA) is 92.4 Å². The number of carbonyl (C=O) groups excluding carboxylic acids is 1. The molecule has 0 aliphatic heterocycles. The minimum atomic E-state index is -0.840. The van der Waals surface area contributed by atoms with Crippen molar-refractivity contribution in [1.82, 2.24) is 5.32 Å². The van der Waals surface area contributed by atoms with Gasteiger partial charge in [-0.3, -0.25) is 9.59 Å². The Kier molecular flexibility index (Phi) is 3.85. The van der Waals surface area contributed by atoms with Gasteiger partial charge in [0.15, 0.2) is 0 Å². The molecule has 0 unspecified atom stereocenters. The van der Waals surface area contributed by atoms with Gasteiger partial charge >= 0.3 is 5.97 Å². The van der Waals surface area contributed by atoms with Gasteiger partial charge in [0.2, 0.25) is 5.91 Å². The lowest BCUT2D eigenvalue weighted by Crippen LogP contribution is -2.49. The quantitative estimate of drug-likeness (QED) is 0.739. The molecule has 1 aromatic rings. The highest BCUT2D eigenvalue weighted by atomic mass is 16.4. The number of carboxylic acid groups (broad SMARTS) is 1. The summed E-state index contributed by atoms with van der Waals surface area (Å²) in [4.78, 5) is 23.1. The van der Waals surface area contributed by atoms with Crippen LogP contribution in [0.25, 0.3) is 0 Å². The number of nitrogens with one attached hydrogen (secondary N) is 1. The highest BCUT2D eigenvalue weighted by Gasteiger charge is 2.44. The van der Waals surface area contributed by atoms with Crippen LogP contribution in [0.1, 0.15) is 30.9 Å². The number of aliphatic carboxylic acids is 1. The number of hydrogen-bond acceptors (Lipinski definition) is 3. The summed E-state index contributed by atoms with van der Waals surface area (Å²) < 4.78 is 0. The second-order valence-corrected chi connectivity index (χ2v) is 5.05. The molecule has 1 aliphatic rings. The standard InChI is InChI=1S/C14H18N2O3/c15-11(10-5-2-1-3-6-10)12(17)16-9-14(13(18)19)7-4-8-14/h1-3,5-6,11H,4,7-9,15H2,(H,16,17)(H,18,19)/t11-/m0/s1. The summed E-state index contributed by atoms with van der Waals surface area (Å²) in [5, 5.41) is 11.8. The van der Waals surface area contributed by atoms with Crippen molar-refractivity contribution in [2.24, 2.45) is 11.1 Å². The molecule has 0 radical (unpaired) electrons. The molecule has 0 bridgehead atoms. The number of rotatable bonds is 5. The number of carboxylic acids is 1. The number of benzene rings is 1. The minimum absolute atomic E-state index is 0.154. The van der Waals surface area contributed by atoms with Gasteiger partial charge in [0.05, 0.1) is 5.41 Å². The summed E-state index contributed by atoms with van der Waals surface area (Å²) in [6.45, 7) is 0.154. The summed E-state index contributed by atoms with van der Waals surface area (Å²) in [6, 6.07) is 8.27. The Morgan fingerprint density at radius 2 is 1.95 bits per heavy atom. The largest absolute Gasteiger partial charge is 0.481 e. The van der Waals surface area contributed by atoms with Crippen LogP contribution >= 0.6 is 0 Å². The zero-order chi connectivity index (χ0) is 13.9. The van der Waals surface area contributed by atoms with Crippen LogP contribution in [0, 0.1) is 5.41 Å². The van der Waals surface area contributed by atoms with E-state index in [0.29, 0.717) is 12.8 Å². The van der Waals surface area contributed by atoms with Crippen LogP contribution in [0.2, 0.25) is 0 Å². The molecule has 0 saturated heterocycles. The smallest absolute Gasteiger partial charge is 0.311 e. The van der Waals surface area contributed by atoms with E-state index in [1.54, 1.807) is 12.1 Å². The Balaban J connectivity index is 1.93. The van der Waals surface area contributed by atoms with E-state index in [1.165, 1.54) is 0 Å². The lowest BCUT2D eigenvalue weighted by molar-refractivity contribution is -0.154. The van der Waals surface area contributed by atoms with Crippen molar-refractivity contribution in [3.8, 4) is 0 Å². The van der Waals surface area contributed by atoms with Gasteiger partial charge < -0.3 is 16.2 Å². The predicted molar refractivity (Wildman–Crippen MR) is 70.3 cm³/mol. The molecule has 4 N–H and O–H groups in total. The molecule has 5 heteroatoms. The molecular formula is C14H18N2O3. The number of hydrogen-bond donors (Lipinski definition) is 3. The van der Waals surface area contributed by atoms with Crippen LogP contribution < -0.4 is 11.1 Å². The van der Waals surface area contributed by atoms with Gasteiger partial charge in [0, 0.05) is 6.54 Å². The molecule has 0 aromatic heterocycles. The van der Waals surface area contributed by atoms with Crippen LogP contribution in [-0.4, -0.2) is 23.5 Å². The van der Waals surface area contributed by atoms with Gasteiger partial charge in [-0.15, -0.1) is 0 Å². The predicted octanol–water partition coefficient (Wildman–Crippen LogP) is 1.06. The SMILES string of the molecule is N[C@H](C(=O)NCC1(C(=O)O)CCC1)c1ccccc1. The van der Waals surface area contributed by atoms with Crippen molar-refractivity contribution >= 4 is 11.9 Å². The Labute approximate surface area is 111 Å². The normalized spacial score (nSPS) is 18.2. The van der Waals surface area contributed by atoms with Crippen LogP contribution in [0.5, 0.6) is 0 Å². The molecule has 1 atom stereocenters. The van der Waals surface area contributed by atoms with E-state index in [9.17, 15) is 9.59 Å². The maximum Gasteiger partial charge on any atom is 0.311 e. The first-order chi connectivity index (χ1) is 9.05. The molecular weight excluding hydrogens is 244 g/mol. The zero-order valence-electron chi connectivity index (χ0n) is 10.6. The molecule has 1 saturated carbocycles. The third kappa shape index (κ3) is 2.76. The highest BCUT2D eigenvalue weighted by Crippen LogP contribution is 2.40. The molecule has 102 valence electrons. The summed E-state index contributed by atoms with van der Waals surface area (Å²) in [7, 11) is 0. The van der Waals surface area contributed by atoms with E-state index >= 15 is 0 Å². The fourth-order valence-corrected chi connectivity index (χ4v) is 2.25. The summed E-state index contributed by atoms with van der Waals surface area (Å²) >= 11 is 0. The molecule has 19 heavy (non-hydrogen) atoms. The first-order valence-corrected chi connectivity index (χ1v) is 6.37. The van der Waals surface area contributed by atoms with E-state index in [1.807, 2.05) is 18.2 Å². The van der Waals surface area contributed by atoms with Crippen molar-refractivity contribution in [3.63, 3.8) is 0 Å². The Morgan fingerprint density at radius 1 is 1.32 bits per heavy atom. The fourth-order valence-electron chi connectivity index (χ4n) is 2.25. The van der Waals surface area contributed by atoms with Crippen molar-refractivity contribution in [3.05, 3.63) is 35.9 Å². The van der Waals surface area contributed by atoms with Gasteiger partial charge in [0.25, 0.3) is 0 Å². The van der Waals surface area contributed by atoms with E-state index in [-0.39, 0.29) is 12.5 Å². The number of nitrogens with two attached hydrogens (primary N) is 1. The molecule has 1 aliphatic carbocycles. The van der Waals surface area contributed by atoms with Crippen molar-refractivity contribution in [2.45, 2.75) is 25.3 Å². The fraction of sp³-hybridized carbons (Fsp3) is 0.429. The van der Waals surface area contributed by atoms with Gasteiger partial charge in [-0.25, -0.2) is 0 Å². The van der Waals surface area contributed by atoms with Crippen molar-refractivity contribution < 1.29 is 14.7 Å². The van der Waals surface area contributed by atoms with Gasteiger partial charge in [-0.05, 0) is 18.4 Å². The first-order valence-electron chi connectivity index (χ1n) is 6.37. The molecule has 1 aromatic carbocycles. The Bertz CT molecular complexity index is 469. The van der Waals surface area contributed by atoms with Crippen LogP contribution in [0.3, 0.4) is 0 Å². The lowest BCUT2D eigenvalue weighted by Gasteiger charge is -2.37. The first kappa shape index (κ1) is 13.5. The third-order valence-electron chi connectivity index (χ3n) is 3.81. The van der Waals surface area contributed by atoms with Crippen LogP contribution in [-0.2, 0) is 9.59 Å². The number of amides is 1. The molecule has 0 heterocycles. The summed E-state index contributed by atoms with van der Waals surface area (Å²) in [6.07, 6.45) is 2.12.